The highest BCUT2D eigenvalue weighted by molar-refractivity contribution is 9.10. The largest absolute Gasteiger partial charge is 0.364 e. The molecule has 0 saturated heterocycles. The van der Waals surface area contributed by atoms with E-state index in [1.807, 2.05) is 29.1 Å². The maximum Gasteiger partial charge on any atom is 0.126 e. The number of nitrogens with zero attached hydrogens (tertiary/aromatic N) is 3. The second-order valence-corrected chi connectivity index (χ2v) is 4.27. The highest BCUT2D eigenvalue weighted by Gasteiger charge is 2.00. The van der Waals surface area contributed by atoms with E-state index in [1.165, 1.54) is 0 Å². The van der Waals surface area contributed by atoms with E-state index in [1.54, 1.807) is 6.20 Å². The smallest absolute Gasteiger partial charge is 0.126 e. The topological polar surface area (TPSA) is 42.7 Å². The Morgan fingerprint density at radius 1 is 1.38 bits per heavy atom. The van der Waals surface area contributed by atoms with Gasteiger partial charge in [-0.15, -0.1) is 0 Å². The first kappa shape index (κ1) is 11.1. The summed E-state index contributed by atoms with van der Waals surface area (Å²) in [6, 6.07) is 5.92. The molecule has 0 aliphatic carbocycles. The standard InChI is InChI=1S/C11H13BrN4/c1-2-16-10(5-6-15-16)8-14-11-4-3-9(12)7-13-11/h3-7H,2,8H2,1H3,(H,13,14). The van der Waals surface area contributed by atoms with Gasteiger partial charge in [0.15, 0.2) is 0 Å². The molecular weight excluding hydrogens is 268 g/mol. The Bertz CT molecular complexity index is 449. The quantitative estimate of drug-likeness (QED) is 0.937. The van der Waals surface area contributed by atoms with E-state index in [4.69, 9.17) is 0 Å². The van der Waals surface area contributed by atoms with Crippen molar-refractivity contribution in [2.45, 2.75) is 20.0 Å². The molecule has 0 aliphatic heterocycles. The fraction of sp³-hybridized carbons (Fsp3) is 0.273. The second-order valence-electron chi connectivity index (χ2n) is 3.35. The van der Waals surface area contributed by atoms with E-state index in [2.05, 4.69) is 38.3 Å². The van der Waals surface area contributed by atoms with Crippen LogP contribution in [0.15, 0.2) is 35.1 Å². The van der Waals surface area contributed by atoms with Gasteiger partial charge < -0.3 is 5.32 Å². The SMILES string of the molecule is CCn1nccc1CNc1ccc(Br)cn1. The van der Waals surface area contributed by atoms with Gasteiger partial charge in [-0.2, -0.15) is 5.10 Å². The van der Waals surface area contributed by atoms with Gasteiger partial charge in [-0.25, -0.2) is 4.98 Å². The molecule has 0 aromatic carbocycles. The van der Waals surface area contributed by atoms with Gasteiger partial charge in [-0.3, -0.25) is 4.68 Å². The first-order valence-electron chi connectivity index (χ1n) is 5.15. The van der Waals surface area contributed by atoms with Gasteiger partial charge in [0.1, 0.15) is 5.82 Å². The fourth-order valence-corrected chi connectivity index (χ4v) is 1.69. The number of nitrogens with one attached hydrogen (secondary N) is 1. The minimum absolute atomic E-state index is 0.739. The Kier molecular flexibility index (Phi) is 3.56. The Morgan fingerprint density at radius 2 is 2.25 bits per heavy atom. The van der Waals surface area contributed by atoms with Crippen molar-refractivity contribution >= 4 is 21.7 Å². The zero-order valence-electron chi connectivity index (χ0n) is 9.02. The molecule has 0 unspecified atom stereocenters. The van der Waals surface area contributed by atoms with Crippen LogP contribution in [0.25, 0.3) is 0 Å². The highest BCUT2D eigenvalue weighted by atomic mass is 79.9. The number of halogens is 1. The molecule has 2 heterocycles. The number of aromatic nitrogens is 3. The number of hydrogen-bond donors (Lipinski definition) is 1. The molecule has 0 aliphatic rings. The predicted molar refractivity (Wildman–Crippen MR) is 67.2 cm³/mol. The van der Waals surface area contributed by atoms with Crippen molar-refractivity contribution in [3.8, 4) is 0 Å². The van der Waals surface area contributed by atoms with Crippen molar-refractivity contribution in [3.63, 3.8) is 0 Å². The molecule has 0 spiro atoms. The third-order valence-electron chi connectivity index (χ3n) is 2.28. The Balaban J connectivity index is 1.99. The van der Waals surface area contributed by atoms with Crippen LogP contribution in [0.3, 0.4) is 0 Å². The summed E-state index contributed by atoms with van der Waals surface area (Å²) in [7, 11) is 0. The first-order valence-corrected chi connectivity index (χ1v) is 5.95. The van der Waals surface area contributed by atoms with E-state index >= 15 is 0 Å². The van der Waals surface area contributed by atoms with E-state index in [9.17, 15) is 0 Å². The normalized spacial score (nSPS) is 10.4. The summed E-state index contributed by atoms with van der Waals surface area (Å²) in [5.41, 5.74) is 1.16. The molecule has 1 N–H and O–H groups in total. The fourth-order valence-electron chi connectivity index (χ4n) is 1.46. The van der Waals surface area contributed by atoms with Crippen molar-refractivity contribution in [2.24, 2.45) is 0 Å². The molecule has 5 heteroatoms. The zero-order valence-corrected chi connectivity index (χ0v) is 10.6. The molecule has 0 atom stereocenters. The highest BCUT2D eigenvalue weighted by Crippen LogP contribution is 2.11. The Labute approximate surface area is 103 Å². The number of aryl methyl sites for hydroxylation is 1. The van der Waals surface area contributed by atoms with Crippen LogP contribution in [0.1, 0.15) is 12.6 Å². The third kappa shape index (κ3) is 2.61. The zero-order chi connectivity index (χ0) is 11.4. The molecule has 0 fully saturated rings. The van der Waals surface area contributed by atoms with Crippen molar-refractivity contribution in [1.82, 2.24) is 14.8 Å². The van der Waals surface area contributed by atoms with Crippen molar-refractivity contribution < 1.29 is 0 Å². The Morgan fingerprint density at radius 3 is 2.94 bits per heavy atom. The van der Waals surface area contributed by atoms with Crippen LogP contribution in [-0.4, -0.2) is 14.8 Å². The van der Waals surface area contributed by atoms with Crippen LogP contribution in [0.5, 0.6) is 0 Å². The summed E-state index contributed by atoms with van der Waals surface area (Å²) in [6.45, 7) is 3.70. The molecule has 4 nitrogen and oxygen atoms in total. The Hall–Kier alpha value is -1.36. The maximum absolute atomic E-state index is 4.25. The molecule has 2 aromatic heterocycles. The molecule has 16 heavy (non-hydrogen) atoms. The molecule has 2 rings (SSSR count). The third-order valence-corrected chi connectivity index (χ3v) is 2.75. The molecular formula is C11H13BrN4. The van der Waals surface area contributed by atoms with Gasteiger partial charge in [0.2, 0.25) is 0 Å². The average molecular weight is 281 g/mol. The van der Waals surface area contributed by atoms with Gasteiger partial charge in [0, 0.05) is 23.4 Å². The number of rotatable bonds is 4. The summed E-state index contributed by atoms with van der Waals surface area (Å²) in [5, 5.41) is 7.47. The van der Waals surface area contributed by atoms with Crippen LogP contribution in [0.4, 0.5) is 5.82 Å². The van der Waals surface area contributed by atoms with Crippen LogP contribution < -0.4 is 5.32 Å². The second kappa shape index (κ2) is 5.12. The molecule has 84 valence electrons. The minimum atomic E-state index is 0.739. The van der Waals surface area contributed by atoms with Gasteiger partial charge in [-0.05, 0) is 41.1 Å². The number of anilines is 1. The summed E-state index contributed by atoms with van der Waals surface area (Å²) >= 11 is 3.35. The summed E-state index contributed by atoms with van der Waals surface area (Å²) in [6.07, 6.45) is 3.59. The van der Waals surface area contributed by atoms with Crippen molar-refractivity contribution in [3.05, 3.63) is 40.8 Å². The van der Waals surface area contributed by atoms with E-state index in [-0.39, 0.29) is 0 Å². The summed E-state index contributed by atoms with van der Waals surface area (Å²) in [4.78, 5) is 4.25. The van der Waals surface area contributed by atoms with E-state index in [0.717, 1.165) is 29.1 Å². The lowest BCUT2D eigenvalue weighted by molar-refractivity contribution is 0.627. The molecule has 0 bridgehead atoms. The molecule has 0 saturated carbocycles. The summed E-state index contributed by atoms with van der Waals surface area (Å²) in [5.74, 6) is 0.868. The van der Waals surface area contributed by atoms with Crippen molar-refractivity contribution in [2.75, 3.05) is 5.32 Å². The monoisotopic (exact) mass is 280 g/mol. The van der Waals surface area contributed by atoms with Crippen LogP contribution in [0.2, 0.25) is 0 Å². The first-order chi connectivity index (χ1) is 7.79. The van der Waals surface area contributed by atoms with Gasteiger partial charge in [0.25, 0.3) is 0 Å². The van der Waals surface area contributed by atoms with Crippen LogP contribution in [0, 0.1) is 0 Å². The molecule has 0 radical (unpaired) electrons. The number of pyridine rings is 1. The lowest BCUT2D eigenvalue weighted by Gasteiger charge is -2.07. The lowest BCUT2D eigenvalue weighted by atomic mass is 10.4. The minimum Gasteiger partial charge on any atom is -0.364 e. The van der Waals surface area contributed by atoms with Gasteiger partial charge in [0.05, 0.1) is 12.2 Å². The van der Waals surface area contributed by atoms with E-state index in [0.29, 0.717) is 0 Å². The molecule has 2 aromatic rings. The van der Waals surface area contributed by atoms with Gasteiger partial charge >= 0.3 is 0 Å². The predicted octanol–water partition coefficient (Wildman–Crippen LogP) is 2.67. The van der Waals surface area contributed by atoms with E-state index < -0.39 is 0 Å². The summed E-state index contributed by atoms with van der Waals surface area (Å²) < 4.78 is 2.95. The number of hydrogen-bond acceptors (Lipinski definition) is 3. The maximum atomic E-state index is 4.25. The lowest BCUT2D eigenvalue weighted by Crippen LogP contribution is -2.08. The van der Waals surface area contributed by atoms with Crippen molar-refractivity contribution in [1.29, 1.82) is 0 Å². The van der Waals surface area contributed by atoms with Crippen LogP contribution >= 0.6 is 15.9 Å². The average Bonchev–Trinajstić information content (AvgIpc) is 2.76. The van der Waals surface area contributed by atoms with Crippen LogP contribution in [-0.2, 0) is 13.1 Å². The van der Waals surface area contributed by atoms with Gasteiger partial charge in [-0.1, -0.05) is 0 Å². The molecule has 0 amide bonds.